The Morgan fingerprint density at radius 1 is 1.03 bits per heavy atom. The lowest BCUT2D eigenvalue weighted by Crippen LogP contribution is -2.38. The highest BCUT2D eigenvalue weighted by Gasteiger charge is 2.46. The number of halogens is 1. The Bertz CT molecular complexity index is 1150. The van der Waals surface area contributed by atoms with E-state index in [2.05, 4.69) is 20.8 Å². The van der Waals surface area contributed by atoms with Crippen LogP contribution in [0.3, 0.4) is 0 Å². The summed E-state index contributed by atoms with van der Waals surface area (Å²) in [7, 11) is 4.51. The number of ether oxygens (including phenoxy) is 3. The molecule has 1 amide bonds. The summed E-state index contributed by atoms with van der Waals surface area (Å²) < 4.78 is 17.4. The summed E-state index contributed by atoms with van der Waals surface area (Å²) in [6, 6.07) is 7.87. The van der Waals surface area contributed by atoms with Crippen molar-refractivity contribution < 1.29 is 28.9 Å². The summed E-state index contributed by atoms with van der Waals surface area (Å²) in [6.07, 6.45) is 0. The first-order valence-corrected chi connectivity index (χ1v) is 12.6. The van der Waals surface area contributed by atoms with Crippen LogP contribution in [0.2, 0.25) is 0 Å². The van der Waals surface area contributed by atoms with Crippen molar-refractivity contribution in [3.63, 3.8) is 0 Å². The molecule has 1 unspecified atom stereocenters. The second kappa shape index (κ2) is 11.8. The predicted octanol–water partition coefficient (Wildman–Crippen LogP) is 4.55. The molecule has 1 N–H and O–H groups in total. The van der Waals surface area contributed by atoms with Crippen molar-refractivity contribution in [1.82, 2.24) is 9.80 Å². The second-order valence-electron chi connectivity index (χ2n) is 8.44. The van der Waals surface area contributed by atoms with Crippen molar-refractivity contribution in [1.29, 1.82) is 0 Å². The fraction of sp³-hybridized carbons (Fsp3) is 0.407. The van der Waals surface area contributed by atoms with E-state index in [4.69, 9.17) is 14.2 Å². The Morgan fingerprint density at radius 3 is 2.14 bits per heavy atom. The van der Waals surface area contributed by atoms with Crippen molar-refractivity contribution in [2.24, 2.45) is 0 Å². The van der Waals surface area contributed by atoms with Crippen LogP contribution in [-0.2, 0) is 9.59 Å². The third-order valence-electron chi connectivity index (χ3n) is 6.53. The molecule has 0 saturated carbocycles. The zero-order chi connectivity index (χ0) is 26.6. The largest absolute Gasteiger partial charge is 0.507 e. The smallest absolute Gasteiger partial charge is 0.295 e. The lowest BCUT2D eigenvalue weighted by molar-refractivity contribution is -0.140. The first-order valence-electron chi connectivity index (χ1n) is 11.8. The number of likely N-dealkylation sites (N-methyl/N-ethyl adjacent to an activating group) is 1. The number of aliphatic hydroxyl groups excluding tert-OH is 1. The zero-order valence-electron chi connectivity index (χ0n) is 21.6. The van der Waals surface area contributed by atoms with Crippen LogP contribution in [-0.4, -0.2) is 74.1 Å². The number of Topliss-reactive ketones (excluding diaryl/α,β-unsaturated/α-hetero) is 1. The molecule has 9 heteroatoms. The minimum atomic E-state index is -0.835. The van der Waals surface area contributed by atoms with Gasteiger partial charge in [-0.1, -0.05) is 35.8 Å². The highest BCUT2D eigenvalue weighted by molar-refractivity contribution is 9.10. The first-order chi connectivity index (χ1) is 17.2. The van der Waals surface area contributed by atoms with Crippen molar-refractivity contribution in [3.8, 4) is 17.2 Å². The SMILES string of the molecule is CCN(CC)CCN1C(=O)C(=O)/C(=C(/O)c2ccc(Br)c(C)c2)C1c1cc(OC)c(OC)c(OC)c1. The molecule has 2 aromatic carbocycles. The maximum atomic E-state index is 13.4. The summed E-state index contributed by atoms with van der Waals surface area (Å²) >= 11 is 3.46. The van der Waals surface area contributed by atoms with Crippen molar-refractivity contribution in [2.45, 2.75) is 26.8 Å². The molecular formula is C27H33BrN2O6. The van der Waals surface area contributed by atoms with Crippen LogP contribution >= 0.6 is 15.9 Å². The molecule has 0 radical (unpaired) electrons. The van der Waals surface area contributed by atoms with E-state index in [0.717, 1.165) is 23.1 Å². The first kappa shape index (κ1) is 27.5. The fourth-order valence-electron chi connectivity index (χ4n) is 4.45. The normalized spacial score (nSPS) is 17.1. The Morgan fingerprint density at radius 2 is 1.64 bits per heavy atom. The van der Waals surface area contributed by atoms with E-state index < -0.39 is 17.7 Å². The van der Waals surface area contributed by atoms with Gasteiger partial charge in [0, 0.05) is 23.1 Å². The predicted molar refractivity (Wildman–Crippen MR) is 142 cm³/mol. The second-order valence-corrected chi connectivity index (χ2v) is 9.30. The van der Waals surface area contributed by atoms with Crippen LogP contribution in [0.5, 0.6) is 17.2 Å². The number of rotatable bonds is 10. The lowest BCUT2D eigenvalue weighted by atomic mass is 9.94. The molecule has 0 spiro atoms. The van der Waals surface area contributed by atoms with Crippen molar-refractivity contribution >= 4 is 33.4 Å². The molecule has 1 aliphatic heterocycles. The minimum absolute atomic E-state index is 0.0237. The highest BCUT2D eigenvalue weighted by atomic mass is 79.9. The number of hydrogen-bond donors (Lipinski definition) is 1. The Balaban J connectivity index is 2.24. The average molecular weight is 561 g/mol. The lowest BCUT2D eigenvalue weighted by Gasteiger charge is -2.29. The van der Waals surface area contributed by atoms with Crippen LogP contribution in [0, 0.1) is 6.92 Å². The van der Waals surface area contributed by atoms with Gasteiger partial charge in [-0.15, -0.1) is 0 Å². The molecule has 1 atom stereocenters. The molecule has 2 aromatic rings. The van der Waals surface area contributed by atoms with E-state index >= 15 is 0 Å². The third-order valence-corrected chi connectivity index (χ3v) is 7.42. The van der Waals surface area contributed by atoms with E-state index in [1.54, 1.807) is 30.3 Å². The number of likely N-dealkylation sites (tertiary alicyclic amines) is 1. The number of carbonyl (C=O) groups is 2. The zero-order valence-corrected chi connectivity index (χ0v) is 23.1. The number of nitrogens with zero attached hydrogens (tertiary/aromatic N) is 2. The van der Waals surface area contributed by atoms with E-state index in [1.165, 1.54) is 26.2 Å². The standard InChI is InChI=1S/C27H33BrN2O6/c1-7-29(8-2)11-12-30-23(18-14-20(34-4)26(36-6)21(15-18)35-5)22(25(32)27(30)33)24(31)17-9-10-19(28)16(3)13-17/h9-10,13-15,23,31H,7-8,11-12H2,1-6H3/b24-22+. The van der Waals surface area contributed by atoms with Gasteiger partial charge in [0.25, 0.3) is 11.7 Å². The monoisotopic (exact) mass is 560 g/mol. The van der Waals surface area contributed by atoms with Crippen LogP contribution in [0.4, 0.5) is 0 Å². The number of aryl methyl sites for hydroxylation is 1. The molecule has 0 bridgehead atoms. The Kier molecular flexibility index (Phi) is 9.03. The summed E-state index contributed by atoms with van der Waals surface area (Å²) in [5, 5.41) is 11.4. The quantitative estimate of drug-likeness (QED) is 0.259. The van der Waals surface area contributed by atoms with Crippen molar-refractivity contribution in [3.05, 3.63) is 57.1 Å². The molecular weight excluding hydrogens is 528 g/mol. The molecule has 36 heavy (non-hydrogen) atoms. The van der Waals surface area contributed by atoms with Gasteiger partial charge in [0.05, 0.1) is 32.9 Å². The molecule has 1 aliphatic rings. The van der Waals surface area contributed by atoms with Crippen LogP contribution in [0.1, 0.15) is 36.6 Å². The summed E-state index contributed by atoms with van der Waals surface area (Å²) in [6.45, 7) is 8.50. The number of benzene rings is 2. The minimum Gasteiger partial charge on any atom is -0.507 e. The van der Waals surface area contributed by atoms with Gasteiger partial charge in [0.15, 0.2) is 11.5 Å². The summed E-state index contributed by atoms with van der Waals surface area (Å²) in [5.74, 6) is -0.440. The number of hydrogen-bond acceptors (Lipinski definition) is 7. The molecule has 3 rings (SSSR count). The molecule has 1 saturated heterocycles. The summed E-state index contributed by atoms with van der Waals surface area (Å²) in [4.78, 5) is 30.3. The third kappa shape index (κ3) is 5.22. The van der Waals surface area contributed by atoms with E-state index in [1.807, 2.05) is 20.8 Å². The van der Waals surface area contributed by atoms with Gasteiger partial charge in [0.1, 0.15) is 5.76 Å². The van der Waals surface area contributed by atoms with Gasteiger partial charge >= 0.3 is 0 Å². The van der Waals surface area contributed by atoms with Crippen LogP contribution in [0.25, 0.3) is 5.76 Å². The molecule has 1 heterocycles. The summed E-state index contributed by atoms with van der Waals surface area (Å²) in [5.41, 5.74) is 1.93. The van der Waals surface area contributed by atoms with Gasteiger partial charge < -0.3 is 29.1 Å². The molecule has 0 aliphatic carbocycles. The Labute approximate surface area is 220 Å². The van der Waals surface area contributed by atoms with Gasteiger partial charge in [-0.25, -0.2) is 0 Å². The Hall–Kier alpha value is -3.04. The average Bonchev–Trinajstić information content (AvgIpc) is 3.14. The maximum absolute atomic E-state index is 13.4. The van der Waals surface area contributed by atoms with E-state index in [9.17, 15) is 14.7 Å². The number of carbonyl (C=O) groups excluding carboxylic acids is 2. The van der Waals surface area contributed by atoms with Gasteiger partial charge in [-0.2, -0.15) is 0 Å². The van der Waals surface area contributed by atoms with Crippen molar-refractivity contribution in [2.75, 3.05) is 47.5 Å². The van der Waals surface area contributed by atoms with Gasteiger partial charge in [-0.05, 0) is 55.4 Å². The van der Waals surface area contributed by atoms with Gasteiger partial charge in [0.2, 0.25) is 5.75 Å². The number of aliphatic hydroxyl groups is 1. The number of ketones is 1. The molecule has 194 valence electrons. The van der Waals surface area contributed by atoms with E-state index in [-0.39, 0.29) is 11.3 Å². The topological polar surface area (TPSA) is 88.5 Å². The number of amides is 1. The maximum Gasteiger partial charge on any atom is 0.295 e. The van der Waals surface area contributed by atoms with Gasteiger partial charge in [-0.3, -0.25) is 9.59 Å². The molecule has 8 nitrogen and oxygen atoms in total. The molecule has 0 aromatic heterocycles. The highest BCUT2D eigenvalue weighted by Crippen LogP contribution is 2.45. The molecule has 1 fully saturated rings. The van der Waals surface area contributed by atoms with Crippen LogP contribution < -0.4 is 14.2 Å². The van der Waals surface area contributed by atoms with Crippen LogP contribution in [0.15, 0.2) is 40.4 Å². The fourth-order valence-corrected chi connectivity index (χ4v) is 4.70. The number of methoxy groups -OCH3 is 3. The van der Waals surface area contributed by atoms with E-state index in [0.29, 0.717) is 41.5 Å².